The highest BCUT2D eigenvalue weighted by molar-refractivity contribution is 7.17. The van der Waals surface area contributed by atoms with Crippen LogP contribution >= 0.6 is 11.3 Å². The molecule has 6 nitrogen and oxygen atoms in total. The van der Waals surface area contributed by atoms with E-state index in [-0.39, 0.29) is 17.5 Å². The van der Waals surface area contributed by atoms with Crippen LogP contribution in [0.4, 0.5) is 0 Å². The van der Waals surface area contributed by atoms with Crippen LogP contribution in [0.5, 0.6) is 0 Å². The van der Waals surface area contributed by atoms with Crippen LogP contribution in [0.3, 0.4) is 0 Å². The van der Waals surface area contributed by atoms with E-state index in [0.29, 0.717) is 12.0 Å². The molecule has 0 radical (unpaired) electrons. The lowest BCUT2D eigenvalue weighted by molar-refractivity contribution is 0.0696. The van der Waals surface area contributed by atoms with Gasteiger partial charge in [0, 0.05) is 21.2 Å². The summed E-state index contributed by atoms with van der Waals surface area (Å²) in [4.78, 5) is 25.0. The first kappa shape index (κ1) is 24.6. The van der Waals surface area contributed by atoms with E-state index < -0.39 is 5.97 Å². The van der Waals surface area contributed by atoms with Crippen molar-refractivity contribution in [1.29, 1.82) is 0 Å². The number of carbonyl (C=O) groups excluding carboxylic acids is 1. The topological polar surface area (TPSA) is 92.4 Å². The van der Waals surface area contributed by atoms with Crippen LogP contribution in [0.15, 0.2) is 101 Å². The lowest BCUT2D eigenvalue weighted by Gasteiger charge is -2.16. The molecule has 2 aromatic heterocycles. The predicted octanol–water partition coefficient (Wildman–Crippen LogP) is 7.49. The first-order chi connectivity index (χ1) is 19.0. The van der Waals surface area contributed by atoms with Gasteiger partial charge in [-0.05, 0) is 76.0 Å². The number of benzene rings is 4. The third-order valence-corrected chi connectivity index (χ3v) is 7.95. The summed E-state index contributed by atoms with van der Waals surface area (Å²) < 4.78 is 6.07. The second-order valence-corrected chi connectivity index (χ2v) is 10.5. The number of hydrogen-bond donors (Lipinski definition) is 2. The minimum absolute atomic E-state index is 0.203. The second kappa shape index (κ2) is 10.2. The highest BCUT2D eigenvalue weighted by atomic mass is 32.1. The summed E-state index contributed by atoms with van der Waals surface area (Å²) in [5, 5.41) is 21.6. The van der Waals surface area contributed by atoms with Crippen LogP contribution in [0.2, 0.25) is 0 Å². The molecule has 1 atom stereocenters. The number of carboxylic acids is 1. The van der Waals surface area contributed by atoms with Gasteiger partial charge in [-0.15, -0.1) is 11.3 Å². The van der Waals surface area contributed by atoms with Gasteiger partial charge in [-0.3, -0.25) is 4.79 Å². The van der Waals surface area contributed by atoms with Crippen molar-refractivity contribution in [3.63, 3.8) is 0 Å². The Morgan fingerprint density at radius 1 is 0.974 bits per heavy atom. The molecule has 0 unspecified atom stereocenters. The smallest absolute Gasteiger partial charge is 0.335 e. The van der Waals surface area contributed by atoms with Crippen molar-refractivity contribution in [3.05, 3.63) is 125 Å². The van der Waals surface area contributed by atoms with Gasteiger partial charge in [0.2, 0.25) is 0 Å². The van der Waals surface area contributed by atoms with Gasteiger partial charge in [0.05, 0.1) is 17.8 Å². The number of carbonyl (C=O) groups is 2. The van der Waals surface area contributed by atoms with Crippen LogP contribution < -0.4 is 5.32 Å². The summed E-state index contributed by atoms with van der Waals surface area (Å²) >= 11 is 1.61. The molecule has 0 aliphatic heterocycles. The van der Waals surface area contributed by atoms with Crippen molar-refractivity contribution in [2.24, 2.45) is 0 Å². The zero-order valence-corrected chi connectivity index (χ0v) is 21.9. The SMILES string of the molecule is C[C@H](NC(=O)c1cc(-c2cnoc2)cc2scc(Cc3ccc4ccccc4c3)c12)c1ccc(C(=O)O)cc1. The van der Waals surface area contributed by atoms with E-state index in [1.807, 2.05) is 25.1 Å². The molecule has 6 aromatic rings. The van der Waals surface area contributed by atoms with Gasteiger partial charge in [-0.1, -0.05) is 59.8 Å². The highest BCUT2D eigenvalue weighted by Crippen LogP contribution is 2.36. The highest BCUT2D eigenvalue weighted by Gasteiger charge is 2.20. The number of nitrogens with one attached hydrogen (secondary N) is 1. The van der Waals surface area contributed by atoms with Crippen LogP contribution in [-0.4, -0.2) is 22.1 Å². The van der Waals surface area contributed by atoms with Crippen LogP contribution in [0.25, 0.3) is 32.0 Å². The molecule has 4 aromatic carbocycles. The summed E-state index contributed by atoms with van der Waals surface area (Å²) in [6.07, 6.45) is 3.90. The lowest BCUT2D eigenvalue weighted by Crippen LogP contribution is -2.27. The number of rotatable bonds is 7. The van der Waals surface area contributed by atoms with Crippen molar-refractivity contribution in [2.75, 3.05) is 0 Å². The number of aromatic nitrogens is 1. The Kier molecular flexibility index (Phi) is 6.42. The van der Waals surface area contributed by atoms with E-state index >= 15 is 0 Å². The molecule has 2 heterocycles. The van der Waals surface area contributed by atoms with Crippen molar-refractivity contribution < 1.29 is 19.2 Å². The maximum Gasteiger partial charge on any atom is 0.335 e. The Labute approximate surface area is 228 Å². The summed E-state index contributed by atoms with van der Waals surface area (Å²) in [7, 11) is 0. The van der Waals surface area contributed by atoms with Crippen LogP contribution in [0.1, 0.15) is 50.4 Å². The average molecular weight is 533 g/mol. The molecule has 1 amide bonds. The Balaban J connectivity index is 1.38. The minimum Gasteiger partial charge on any atom is -0.478 e. The summed E-state index contributed by atoms with van der Waals surface area (Å²) in [5.74, 6) is -1.19. The second-order valence-electron chi connectivity index (χ2n) is 9.55. The van der Waals surface area contributed by atoms with Crippen molar-refractivity contribution in [3.8, 4) is 11.1 Å². The molecular formula is C32H24N2O4S. The molecule has 0 aliphatic rings. The Morgan fingerprint density at radius 2 is 1.77 bits per heavy atom. The van der Waals surface area contributed by atoms with E-state index in [9.17, 15) is 14.7 Å². The van der Waals surface area contributed by atoms with Gasteiger partial charge in [-0.2, -0.15) is 0 Å². The first-order valence-electron chi connectivity index (χ1n) is 12.5. The molecule has 0 saturated carbocycles. The lowest BCUT2D eigenvalue weighted by atomic mass is 9.95. The van der Waals surface area contributed by atoms with E-state index in [1.165, 1.54) is 16.3 Å². The molecule has 2 N–H and O–H groups in total. The third kappa shape index (κ3) is 4.92. The Bertz CT molecular complexity index is 1820. The number of amides is 1. The van der Waals surface area contributed by atoms with Crippen molar-refractivity contribution >= 4 is 44.1 Å². The van der Waals surface area contributed by atoms with Gasteiger partial charge < -0.3 is 14.9 Å². The van der Waals surface area contributed by atoms with E-state index in [4.69, 9.17) is 4.52 Å². The van der Waals surface area contributed by atoms with Crippen molar-refractivity contribution in [1.82, 2.24) is 10.5 Å². The monoisotopic (exact) mass is 532 g/mol. The maximum atomic E-state index is 13.8. The number of thiophene rings is 1. The van der Waals surface area contributed by atoms with E-state index in [0.717, 1.165) is 32.3 Å². The molecule has 39 heavy (non-hydrogen) atoms. The average Bonchev–Trinajstić information content (AvgIpc) is 3.63. The standard InChI is InChI=1S/C32H24N2O4S/c1-19(21-8-10-23(11-9-21)32(36)37)34-31(35)28-14-25(27-16-33-38-17-27)15-29-30(28)26(18-39-29)13-20-6-7-22-4-2-3-5-24(22)12-20/h2-12,14-19H,13H2,1H3,(H,34,35)(H,36,37)/t19-/m0/s1. The molecule has 0 spiro atoms. The van der Waals surface area contributed by atoms with Gasteiger partial charge >= 0.3 is 5.97 Å². The quantitative estimate of drug-likeness (QED) is 0.222. The molecule has 0 bridgehead atoms. The van der Waals surface area contributed by atoms with Gasteiger partial charge in [0.25, 0.3) is 5.91 Å². The predicted molar refractivity (Wildman–Crippen MR) is 153 cm³/mol. The largest absolute Gasteiger partial charge is 0.478 e. The number of fused-ring (bicyclic) bond motifs is 2. The molecule has 6 rings (SSSR count). The summed E-state index contributed by atoms with van der Waals surface area (Å²) in [6, 6.07) is 25.0. The summed E-state index contributed by atoms with van der Waals surface area (Å²) in [5.41, 5.74) is 5.52. The maximum absolute atomic E-state index is 13.8. The van der Waals surface area contributed by atoms with Gasteiger partial charge in [-0.25, -0.2) is 4.79 Å². The molecule has 0 aliphatic carbocycles. The summed E-state index contributed by atoms with van der Waals surface area (Å²) in [6.45, 7) is 1.89. The van der Waals surface area contributed by atoms with E-state index in [1.54, 1.807) is 48.1 Å². The number of hydrogen-bond acceptors (Lipinski definition) is 5. The van der Waals surface area contributed by atoms with Crippen LogP contribution in [-0.2, 0) is 6.42 Å². The third-order valence-electron chi connectivity index (χ3n) is 6.98. The minimum atomic E-state index is -0.984. The molecular weight excluding hydrogens is 508 g/mol. The zero-order chi connectivity index (χ0) is 26.9. The first-order valence-corrected chi connectivity index (χ1v) is 13.4. The Morgan fingerprint density at radius 3 is 2.51 bits per heavy atom. The fraction of sp³-hybridized carbons (Fsp3) is 0.0938. The van der Waals surface area contributed by atoms with Gasteiger partial charge in [0.1, 0.15) is 6.26 Å². The fourth-order valence-corrected chi connectivity index (χ4v) is 5.92. The Hall–Kier alpha value is -4.75. The fourth-order valence-electron chi connectivity index (χ4n) is 4.90. The number of aromatic carboxylic acids is 1. The normalized spacial score (nSPS) is 12.0. The van der Waals surface area contributed by atoms with E-state index in [2.05, 4.69) is 52.3 Å². The van der Waals surface area contributed by atoms with Gasteiger partial charge in [0.15, 0.2) is 0 Å². The van der Waals surface area contributed by atoms with Crippen LogP contribution in [0, 0.1) is 0 Å². The van der Waals surface area contributed by atoms with Crippen molar-refractivity contribution in [2.45, 2.75) is 19.4 Å². The molecule has 0 fully saturated rings. The molecule has 192 valence electrons. The zero-order valence-electron chi connectivity index (χ0n) is 21.0. The number of carboxylic acid groups (broad SMARTS) is 1. The number of nitrogens with zero attached hydrogens (tertiary/aromatic N) is 1. The molecule has 0 saturated heterocycles. The molecule has 7 heteroatoms.